The summed E-state index contributed by atoms with van der Waals surface area (Å²) in [7, 11) is 3.83. The van der Waals surface area contributed by atoms with E-state index in [0.29, 0.717) is 18.5 Å². The number of aliphatic carboxylic acids is 1. The highest BCUT2D eigenvalue weighted by Crippen LogP contribution is 2.22. The number of pyridine rings is 1. The summed E-state index contributed by atoms with van der Waals surface area (Å²) in [6.07, 6.45) is 4.87. The number of aromatic nitrogens is 1. The first-order chi connectivity index (χ1) is 18.3. The van der Waals surface area contributed by atoms with Crippen molar-refractivity contribution in [2.75, 3.05) is 14.1 Å². The lowest BCUT2D eigenvalue weighted by Gasteiger charge is -2.25. The lowest BCUT2D eigenvalue weighted by atomic mass is 9.97. The predicted octanol–water partition coefficient (Wildman–Crippen LogP) is 4.76. The van der Waals surface area contributed by atoms with E-state index in [1.807, 2.05) is 77.9 Å². The first-order valence-electron chi connectivity index (χ1n) is 13.1. The monoisotopic (exact) mass is 534 g/mol. The Morgan fingerprint density at radius 1 is 1.18 bits per heavy atom. The molecule has 0 saturated carbocycles. The van der Waals surface area contributed by atoms with E-state index in [9.17, 15) is 19.5 Å². The number of nitrogens with zero attached hydrogens (tertiary/aromatic N) is 3. The summed E-state index contributed by atoms with van der Waals surface area (Å²) in [5.74, 6) is -1.40. The molecule has 2 aromatic rings. The Morgan fingerprint density at radius 3 is 2.36 bits per heavy atom. The Bertz CT molecular complexity index is 1280. The number of hydrogen-bond acceptors (Lipinski definition) is 5. The second-order valence-electron chi connectivity index (χ2n) is 10.8. The molecule has 0 spiro atoms. The molecule has 0 saturated heterocycles. The molecule has 0 unspecified atom stereocenters. The van der Waals surface area contributed by atoms with Gasteiger partial charge in [0.2, 0.25) is 5.91 Å². The number of amides is 1. The van der Waals surface area contributed by atoms with E-state index < -0.39 is 24.0 Å². The van der Waals surface area contributed by atoms with Crippen molar-refractivity contribution in [1.82, 2.24) is 14.8 Å². The van der Waals surface area contributed by atoms with Gasteiger partial charge in [0.1, 0.15) is 6.04 Å². The summed E-state index contributed by atoms with van der Waals surface area (Å²) in [4.78, 5) is 44.4. The summed E-state index contributed by atoms with van der Waals surface area (Å²) in [5.41, 5.74) is 5.26. The molecule has 1 aromatic carbocycles. The largest absolute Gasteiger partial charge is 0.481 e. The molecule has 39 heavy (non-hydrogen) atoms. The zero-order valence-electron chi connectivity index (χ0n) is 24.2. The van der Waals surface area contributed by atoms with Crippen molar-refractivity contribution in [3.8, 4) is 0 Å². The molecule has 1 heterocycles. The van der Waals surface area contributed by atoms with Crippen molar-refractivity contribution in [3.05, 3.63) is 87.5 Å². The Labute approximate surface area is 231 Å². The first-order valence-corrected chi connectivity index (χ1v) is 13.1. The number of aryl methyl sites for hydroxylation is 2. The van der Waals surface area contributed by atoms with Crippen molar-refractivity contribution in [2.45, 2.75) is 66.1 Å². The molecular weight excluding hydrogens is 492 g/mol. The summed E-state index contributed by atoms with van der Waals surface area (Å²) in [6, 6.07) is 7.76. The van der Waals surface area contributed by atoms with E-state index in [0.717, 1.165) is 27.8 Å². The van der Waals surface area contributed by atoms with Gasteiger partial charge in [0, 0.05) is 31.2 Å². The molecule has 1 amide bonds. The number of carboxylic acid groups (broad SMARTS) is 1. The van der Waals surface area contributed by atoms with Gasteiger partial charge in [-0.25, -0.2) is 0 Å². The fourth-order valence-electron chi connectivity index (χ4n) is 4.60. The number of nitrogens with one attached hydrogen (secondary N) is 1. The Morgan fingerprint density at radius 2 is 1.82 bits per heavy atom. The molecule has 0 aliphatic heterocycles. The SMILES string of the molecule is C=C(C=N/C=C(\C)c1c(C)cccc1C)[C@H](CC(=O)O)NC(=O)[C@H](CC(C)C)n1ccc(CN(C)C)cc1=O. The Kier molecular flexibility index (Phi) is 11.6. The summed E-state index contributed by atoms with van der Waals surface area (Å²) >= 11 is 0. The second kappa shape index (κ2) is 14.4. The molecule has 8 heteroatoms. The maximum Gasteiger partial charge on any atom is 0.305 e. The highest BCUT2D eigenvalue weighted by atomic mass is 16.4. The van der Waals surface area contributed by atoms with Crippen LogP contribution in [0.2, 0.25) is 0 Å². The van der Waals surface area contributed by atoms with E-state index in [1.54, 1.807) is 12.4 Å². The molecule has 2 atom stereocenters. The smallest absolute Gasteiger partial charge is 0.305 e. The maximum absolute atomic E-state index is 13.5. The maximum atomic E-state index is 13.5. The van der Waals surface area contributed by atoms with Gasteiger partial charge in [-0.2, -0.15) is 0 Å². The van der Waals surface area contributed by atoms with E-state index in [2.05, 4.69) is 16.9 Å². The van der Waals surface area contributed by atoms with Crippen LogP contribution in [0.3, 0.4) is 0 Å². The minimum absolute atomic E-state index is 0.120. The fraction of sp³-hybridized carbons (Fsp3) is 0.419. The van der Waals surface area contributed by atoms with Gasteiger partial charge in [-0.15, -0.1) is 0 Å². The topological polar surface area (TPSA) is 104 Å². The van der Waals surface area contributed by atoms with Crippen LogP contribution in [-0.4, -0.2) is 52.8 Å². The Hall–Kier alpha value is -3.78. The fourth-order valence-corrected chi connectivity index (χ4v) is 4.60. The summed E-state index contributed by atoms with van der Waals surface area (Å²) in [6.45, 7) is 14.6. The number of hydrogen-bond donors (Lipinski definition) is 2. The number of carboxylic acids is 1. The molecule has 0 bridgehead atoms. The van der Waals surface area contributed by atoms with Crippen LogP contribution in [0.4, 0.5) is 0 Å². The van der Waals surface area contributed by atoms with Gasteiger partial charge in [0.25, 0.3) is 5.56 Å². The third kappa shape index (κ3) is 9.48. The molecule has 2 N–H and O–H groups in total. The lowest BCUT2D eigenvalue weighted by molar-refractivity contribution is -0.137. The van der Waals surface area contributed by atoms with Gasteiger partial charge in [-0.3, -0.25) is 19.4 Å². The van der Waals surface area contributed by atoms with Crippen LogP contribution in [0.25, 0.3) is 5.57 Å². The minimum atomic E-state index is -1.08. The summed E-state index contributed by atoms with van der Waals surface area (Å²) in [5, 5.41) is 12.3. The quantitative estimate of drug-likeness (QED) is 0.361. The van der Waals surface area contributed by atoms with Crippen molar-refractivity contribution >= 4 is 23.7 Å². The molecular formula is C31H42N4O4. The van der Waals surface area contributed by atoms with Crippen LogP contribution in [0.15, 0.2) is 64.7 Å². The lowest BCUT2D eigenvalue weighted by Crippen LogP contribution is -2.44. The summed E-state index contributed by atoms with van der Waals surface area (Å²) < 4.78 is 1.42. The molecule has 1 aromatic heterocycles. The average molecular weight is 535 g/mol. The molecule has 210 valence electrons. The van der Waals surface area contributed by atoms with E-state index in [1.165, 1.54) is 16.8 Å². The highest BCUT2D eigenvalue weighted by molar-refractivity contribution is 5.87. The minimum Gasteiger partial charge on any atom is -0.481 e. The predicted molar refractivity (Wildman–Crippen MR) is 158 cm³/mol. The van der Waals surface area contributed by atoms with Gasteiger partial charge in [-0.1, -0.05) is 38.6 Å². The zero-order chi connectivity index (χ0) is 29.3. The van der Waals surface area contributed by atoms with E-state index in [-0.39, 0.29) is 17.9 Å². The number of rotatable bonds is 13. The van der Waals surface area contributed by atoms with Crippen LogP contribution in [0.5, 0.6) is 0 Å². The van der Waals surface area contributed by atoms with Crippen molar-refractivity contribution < 1.29 is 14.7 Å². The standard InChI is InChI=1S/C31H42N4O4/c1-20(2)14-27(35-13-12-25(15-28(35)36)19-34(7)8)31(39)33-26(16-29(37)38)23(5)17-32-18-24(6)30-21(3)10-9-11-22(30)4/h9-13,15,17-18,20,26-27H,5,14,16,19H2,1-4,6-8H3,(H,33,39)(H,37,38)/b24-18+,32-17?/t26-,27-/m0/s1. The van der Waals surface area contributed by atoms with Crippen LogP contribution in [-0.2, 0) is 16.1 Å². The van der Waals surface area contributed by atoms with Crippen molar-refractivity contribution in [2.24, 2.45) is 10.9 Å². The number of carbonyl (C=O) groups is 2. The van der Waals surface area contributed by atoms with Gasteiger partial charge in [-0.05, 0) is 86.7 Å². The van der Waals surface area contributed by atoms with Crippen LogP contribution in [0, 0.1) is 19.8 Å². The van der Waals surface area contributed by atoms with E-state index in [4.69, 9.17) is 0 Å². The molecule has 0 fully saturated rings. The third-order valence-corrected chi connectivity index (χ3v) is 6.37. The van der Waals surface area contributed by atoms with Crippen molar-refractivity contribution in [1.29, 1.82) is 0 Å². The molecule has 2 rings (SSSR count). The molecule has 8 nitrogen and oxygen atoms in total. The van der Waals surface area contributed by atoms with Crippen LogP contribution >= 0.6 is 0 Å². The van der Waals surface area contributed by atoms with Gasteiger partial charge < -0.3 is 19.9 Å². The number of aliphatic imine (C=N–C) groups is 1. The molecule has 0 aliphatic carbocycles. The normalized spacial score (nSPS) is 13.6. The van der Waals surface area contributed by atoms with Crippen LogP contribution < -0.4 is 10.9 Å². The second-order valence-corrected chi connectivity index (χ2v) is 10.8. The van der Waals surface area contributed by atoms with E-state index >= 15 is 0 Å². The first kappa shape index (κ1) is 31.4. The molecule has 0 radical (unpaired) electrons. The highest BCUT2D eigenvalue weighted by Gasteiger charge is 2.27. The number of allylic oxidation sites excluding steroid dienone is 1. The van der Waals surface area contributed by atoms with Crippen LogP contribution in [0.1, 0.15) is 61.9 Å². The van der Waals surface area contributed by atoms with Gasteiger partial charge in [0.05, 0.1) is 12.5 Å². The molecule has 0 aliphatic rings. The van der Waals surface area contributed by atoms with Crippen molar-refractivity contribution in [3.63, 3.8) is 0 Å². The average Bonchev–Trinajstić information content (AvgIpc) is 2.81. The number of carbonyl (C=O) groups excluding carboxylic acids is 1. The Balaban J connectivity index is 2.29. The van der Waals surface area contributed by atoms with Gasteiger partial charge >= 0.3 is 5.97 Å². The van der Waals surface area contributed by atoms with Gasteiger partial charge in [0.15, 0.2) is 0 Å². The number of benzene rings is 1. The zero-order valence-corrected chi connectivity index (χ0v) is 24.2. The third-order valence-electron chi connectivity index (χ3n) is 6.37.